The highest BCUT2D eigenvalue weighted by Gasteiger charge is 2.24. The highest BCUT2D eigenvalue weighted by atomic mass is 35.5. The Morgan fingerprint density at radius 3 is 2.85 bits per heavy atom. The number of halogens is 2. The number of imidazole rings is 1. The summed E-state index contributed by atoms with van der Waals surface area (Å²) in [6.45, 7) is 3.72. The Bertz CT molecular complexity index is 1560. The zero-order valence-electron chi connectivity index (χ0n) is 21.0. The second kappa shape index (κ2) is 11.1. The number of aromatic carboxylic acids is 1. The van der Waals surface area contributed by atoms with Crippen LogP contribution in [0.15, 0.2) is 47.9 Å². The SMILES string of the molecule is O=C(O)c1ccc2nc(CN3CC=C(c4nc(OCc5ccc(Cl)cc5F)cs4)CC3)n(CC3CCO3)c2c1. The standard InChI is InChI=1S/C28H26ClFN4O4S/c29-20-3-1-19(22(30)12-20)15-38-26-16-39-27(32-26)17-5-8-33(9-6-17)14-25-31-23-4-2-18(28(35)36)11-24(23)34(25)13-21-7-10-37-21/h1-5,11-12,16,21H,6-10,13-15H2,(H,35,36). The Balaban J connectivity index is 1.13. The number of thiazole rings is 1. The normalized spacial score (nSPS) is 17.7. The maximum absolute atomic E-state index is 14.0. The van der Waals surface area contributed by atoms with Crippen molar-refractivity contribution in [3.05, 3.63) is 80.7 Å². The van der Waals surface area contributed by atoms with Gasteiger partial charge in [-0.25, -0.2) is 19.2 Å². The lowest BCUT2D eigenvalue weighted by molar-refractivity contribution is -0.0591. The number of carboxylic acid groups (broad SMARTS) is 1. The number of hydrogen-bond acceptors (Lipinski definition) is 7. The molecule has 1 unspecified atom stereocenters. The van der Waals surface area contributed by atoms with Gasteiger partial charge in [0.2, 0.25) is 5.88 Å². The first-order valence-corrected chi connectivity index (χ1v) is 14.0. The fourth-order valence-corrected chi connectivity index (χ4v) is 5.75. The summed E-state index contributed by atoms with van der Waals surface area (Å²) < 4.78 is 27.5. The second-order valence-corrected chi connectivity index (χ2v) is 11.0. The summed E-state index contributed by atoms with van der Waals surface area (Å²) in [6.07, 6.45) is 4.12. The number of carboxylic acids is 1. The van der Waals surface area contributed by atoms with Gasteiger partial charge in [0, 0.05) is 30.3 Å². The van der Waals surface area contributed by atoms with Crippen molar-refractivity contribution < 1.29 is 23.8 Å². The molecule has 2 aromatic carbocycles. The first-order chi connectivity index (χ1) is 18.9. The van der Waals surface area contributed by atoms with E-state index in [1.54, 1.807) is 30.3 Å². The Labute approximate surface area is 233 Å². The molecule has 1 N–H and O–H groups in total. The van der Waals surface area contributed by atoms with Gasteiger partial charge in [-0.15, -0.1) is 11.3 Å². The van der Waals surface area contributed by atoms with Gasteiger partial charge in [-0.1, -0.05) is 23.7 Å². The average Bonchev–Trinajstić information content (AvgIpc) is 3.50. The van der Waals surface area contributed by atoms with Crippen molar-refractivity contribution in [2.75, 3.05) is 19.7 Å². The topological polar surface area (TPSA) is 89.7 Å². The van der Waals surface area contributed by atoms with Crippen LogP contribution in [-0.2, 0) is 24.4 Å². The molecule has 11 heteroatoms. The van der Waals surface area contributed by atoms with Crippen LogP contribution in [0.5, 0.6) is 5.88 Å². The van der Waals surface area contributed by atoms with Crippen molar-refractivity contribution in [1.29, 1.82) is 0 Å². The molecule has 2 aliphatic rings. The van der Waals surface area contributed by atoms with E-state index in [0.717, 1.165) is 60.0 Å². The Morgan fingerprint density at radius 2 is 2.13 bits per heavy atom. The molecule has 0 radical (unpaired) electrons. The predicted octanol–water partition coefficient (Wildman–Crippen LogP) is 5.64. The average molecular weight is 569 g/mol. The van der Waals surface area contributed by atoms with Crippen LogP contribution >= 0.6 is 22.9 Å². The highest BCUT2D eigenvalue weighted by Crippen LogP contribution is 2.30. The number of aromatic nitrogens is 3. The molecule has 0 bridgehead atoms. The largest absolute Gasteiger partial charge is 0.478 e. The van der Waals surface area contributed by atoms with E-state index in [2.05, 4.69) is 20.5 Å². The lowest BCUT2D eigenvalue weighted by Gasteiger charge is -2.29. The van der Waals surface area contributed by atoms with Crippen LogP contribution < -0.4 is 4.74 Å². The molecule has 0 saturated carbocycles. The number of fused-ring (bicyclic) bond motifs is 1. The van der Waals surface area contributed by atoms with Crippen LogP contribution in [0, 0.1) is 5.82 Å². The maximum Gasteiger partial charge on any atom is 0.335 e. The Hall–Kier alpha value is -3.31. The molecule has 202 valence electrons. The van der Waals surface area contributed by atoms with Gasteiger partial charge in [-0.05, 0) is 48.7 Å². The molecular weight excluding hydrogens is 543 g/mol. The molecule has 1 fully saturated rings. The van der Waals surface area contributed by atoms with Gasteiger partial charge < -0.3 is 19.1 Å². The van der Waals surface area contributed by atoms with Crippen LogP contribution in [0.1, 0.15) is 39.6 Å². The van der Waals surface area contributed by atoms with Crippen molar-refractivity contribution in [1.82, 2.24) is 19.4 Å². The van der Waals surface area contributed by atoms with Gasteiger partial charge in [0.15, 0.2) is 0 Å². The molecular formula is C28H26ClFN4O4S. The number of nitrogens with zero attached hydrogens (tertiary/aromatic N) is 4. The third-order valence-corrected chi connectivity index (χ3v) is 8.19. The van der Waals surface area contributed by atoms with E-state index in [1.807, 2.05) is 5.38 Å². The van der Waals surface area contributed by atoms with Gasteiger partial charge in [-0.2, -0.15) is 0 Å². The molecule has 4 aromatic rings. The van der Waals surface area contributed by atoms with E-state index < -0.39 is 11.8 Å². The molecule has 6 rings (SSSR count). The van der Waals surface area contributed by atoms with Crippen LogP contribution in [0.2, 0.25) is 5.02 Å². The molecule has 1 saturated heterocycles. The van der Waals surface area contributed by atoms with E-state index in [9.17, 15) is 14.3 Å². The van der Waals surface area contributed by atoms with Gasteiger partial charge in [-0.3, -0.25) is 4.90 Å². The molecule has 0 aliphatic carbocycles. The minimum atomic E-state index is -0.951. The monoisotopic (exact) mass is 568 g/mol. The minimum absolute atomic E-state index is 0.0832. The van der Waals surface area contributed by atoms with Gasteiger partial charge >= 0.3 is 5.97 Å². The lowest BCUT2D eigenvalue weighted by atomic mass is 10.1. The quantitative estimate of drug-likeness (QED) is 0.279. The third-order valence-electron chi connectivity index (χ3n) is 7.06. The highest BCUT2D eigenvalue weighted by molar-refractivity contribution is 7.11. The molecule has 1 atom stereocenters. The zero-order chi connectivity index (χ0) is 26.9. The number of carbonyl (C=O) groups is 1. The third kappa shape index (κ3) is 5.69. The van der Waals surface area contributed by atoms with Crippen molar-refractivity contribution in [2.24, 2.45) is 0 Å². The smallest absolute Gasteiger partial charge is 0.335 e. The van der Waals surface area contributed by atoms with E-state index in [-0.39, 0.29) is 18.3 Å². The molecule has 4 heterocycles. The van der Waals surface area contributed by atoms with Crippen LogP contribution in [-0.4, -0.2) is 56.3 Å². The molecule has 0 spiro atoms. The second-order valence-electron chi connectivity index (χ2n) is 9.66. The van der Waals surface area contributed by atoms with Crippen molar-refractivity contribution in [2.45, 2.75) is 38.6 Å². The minimum Gasteiger partial charge on any atom is -0.478 e. The van der Waals surface area contributed by atoms with E-state index in [0.29, 0.717) is 29.6 Å². The summed E-state index contributed by atoms with van der Waals surface area (Å²) in [5.41, 5.74) is 3.45. The zero-order valence-corrected chi connectivity index (χ0v) is 22.6. The molecule has 2 aromatic heterocycles. The van der Waals surface area contributed by atoms with E-state index in [1.165, 1.54) is 17.4 Å². The summed E-state index contributed by atoms with van der Waals surface area (Å²) >= 11 is 7.33. The van der Waals surface area contributed by atoms with Crippen molar-refractivity contribution in [3.8, 4) is 5.88 Å². The van der Waals surface area contributed by atoms with Crippen molar-refractivity contribution in [3.63, 3.8) is 0 Å². The molecule has 8 nitrogen and oxygen atoms in total. The van der Waals surface area contributed by atoms with Crippen molar-refractivity contribution >= 4 is 45.5 Å². The fraction of sp³-hybridized carbons (Fsp3) is 0.321. The summed E-state index contributed by atoms with van der Waals surface area (Å²) in [4.78, 5) is 23.3. The number of rotatable bonds is 9. The predicted molar refractivity (Wildman–Crippen MR) is 147 cm³/mol. The van der Waals surface area contributed by atoms with Crippen LogP contribution in [0.3, 0.4) is 0 Å². The van der Waals surface area contributed by atoms with E-state index in [4.69, 9.17) is 26.1 Å². The summed E-state index contributed by atoms with van der Waals surface area (Å²) in [5, 5.41) is 12.6. The first-order valence-electron chi connectivity index (χ1n) is 12.7. The summed E-state index contributed by atoms with van der Waals surface area (Å²) in [6, 6.07) is 9.59. The summed E-state index contributed by atoms with van der Waals surface area (Å²) in [7, 11) is 0. The van der Waals surface area contributed by atoms with Gasteiger partial charge in [0.25, 0.3) is 0 Å². The van der Waals surface area contributed by atoms with Crippen LogP contribution in [0.4, 0.5) is 4.39 Å². The van der Waals surface area contributed by atoms with E-state index >= 15 is 0 Å². The molecule has 39 heavy (non-hydrogen) atoms. The number of hydrogen-bond donors (Lipinski definition) is 1. The fourth-order valence-electron chi connectivity index (χ4n) is 4.77. The molecule has 2 aliphatic heterocycles. The molecule has 0 amide bonds. The first kappa shape index (κ1) is 25.9. The van der Waals surface area contributed by atoms with Crippen LogP contribution in [0.25, 0.3) is 16.6 Å². The van der Waals surface area contributed by atoms with Gasteiger partial charge in [0.05, 0.1) is 41.2 Å². The number of benzene rings is 2. The lowest BCUT2D eigenvalue weighted by Crippen LogP contribution is -2.33. The Kier molecular flexibility index (Phi) is 7.35. The number of ether oxygens (including phenoxy) is 2. The maximum atomic E-state index is 14.0. The summed E-state index contributed by atoms with van der Waals surface area (Å²) in [5.74, 6) is 0.0244. The van der Waals surface area contributed by atoms with Gasteiger partial charge in [0.1, 0.15) is 23.3 Å². The Morgan fingerprint density at radius 1 is 1.26 bits per heavy atom.